The largest absolute Gasteiger partial charge is 0.459 e. The fourth-order valence-electron chi connectivity index (χ4n) is 2.86. The van der Waals surface area contributed by atoms with Crippen molar-refractivity contribution < 1.29 is 32.5 Å². The second-order valence-corrected chi connectivity index (χ2v) is 6.81. The summed E-state index contributed by atoms with van der Waals surface area (Å²) in [7, 11) is 0. The molecule has 1 unspecified atom stereocenters. The summed E-state index contributed by atoms with van der Waals surface area (Å²) in [6.07, 6.45) is -2.90. The second kappa shape index (κ2) is 7.44. The molecule has 1 saturated carbocycles. The fourth-order valence-corrected chi connectivity index (χ4v) is 2.86. The predicted molar refractivity (Wildman–Crippen MR) is 83.4 cm³/mol. The zero-order valence-electron chi connectivity index (χ0n) is 14.7. The number of ether oxygens (including phenoxy) is 2. The summed E-state index contributed by atoms with van der Waals surface area (Å²) in [5, 5.41) is 9.58. The van der Waals surface area contributed by atoms with Crippen LogP contribution in [-0.4, -0.2) is 41.2 Å². The van der Waals surface area contributed by atoms with Crippen LogP contribution in [0.1, 0.15) is 53.4 Å². The Morgan fingerprint density at radius 2 is 1.75 bits per heavy atom. The van der Waals surface area contributed by atoms with Crippen LogP contribution in [0.2, 0.25) is 0 Å². The number of halogens is 3. The van der Waals surface area contributed by atoms with E-state index in [1.165, 1.54) is 0 Å². The van der Waals surface area contributed by atoms with E-state index in [0.29, 0.717) is 38.2 Å². The highest BCUT2D eigenvalue weighted by molar-refractivity contribution is 5.87. The number of aliphatic hydroxyl groups is 1. The van der Waals surface area contributed by atoms with Crippen molar-refractivity contribution in [2.75, 3.05) is 6.61 Å². The van der Waals surface area contributed by atoms with Gasteiger partial charge in [0.25, 0.3) is 0 Å². The van der Waals surface area contributed by atoms with Crippen molar-refractivity contribution in [3.05, 3.63) is 12.2 Å². The van der Waals surface area contributed by atoms with Crippen LogP contribution in [0.5, 0.6) is 0 Å². The molecular weight excluding hydrogens is 325 g/mol. The maximum atomic E-state index is 12.8. The summed E-state index contributed by atoms with van der Waals surface area (Å²) >= 11 is 0. The van der Waals surface area contributed by atoms with Crippen molar-refractivity contribution in [2.45, 2.75) is 76.9 Å². The summed E-state index contributed by atoms with van der Waals surface area (Å²) in [4.78, 5) is 11.5. The van der Waals surface area contributed by atoms with Gasteiger partial charge in [-0.1, -0.05) is 20.4 Å². The lowest BCUT2D eigenvalue weighted by Crippen LogP contribution is -2.54. The average Bonchev–Trinajstić information content (AvgIpc) is 2.43. The smallest absolute Gasteiger partial charge is 0.419 e. The molecular formula is C17H27F3O4. The van der Waals surface area contributed by atoms with E-state index in [1.54, 1.807) is 6.92 Å². The highest BCUT2D eigenvalue weighted by Crippen LogP contribution is 2.45. The number of carbonyl (C=O) groups is 1. The van der Waals surface area contributed by atoms with E-state index >= 15 is 0 Å². The van der Waals surface area contributed by atoms with E-state index in [9.17, 15) is 23.1 Å². The molecule has 0 amide bonds. The lowest BCUT2D eigenvalue weighted by molar-refractivity contribution is -0.284. The minimum absolute atomic E-state index is 0.0144. The molecule has 140 valence electrons. The van der Waals surface area contributed by atoms with E-state index in [4.69, 9.17) is 9.47 Å². The molecule has 0 aromatic carbocycles. The Morgan fingerprint density at radius 3 is 2.12 bits per heavy atom. The quantitative estimate of drug-likeness (QED) is 0.534. The molecule has 0 aliphatic heterocycles. The van der Waals surface area contributed by atoms with E-state index in [-0.39, 0.29) is 12.0 Å². The Kier molecular flexibility index (Phi) is 6.49. The molecule has 1 aliphatic rings. The molecule has 0 bridgehead atoms. The van der Waals surface area contributed by atoms with Crippen molar-refractivity contribution in [3.8, 4) is 0 Å². The molecule has 1 N–H and O–H groups in total. The van der Waals surface area contributed by atoms with Crippen LogP contribution in [0.15, 0.2) is 12.2 Å². The van der Waals surface area contributed by atoms with Gasteiger partial charge >= 0.3 is 12.1 Å². The first-order valence-corrected chi connectivity index (χ1v) is 8.18. The van der Waals surface area contributed by atoms with E-state index in [1.807, 2.05) is 13.8 Å². The Bertz CT molecular complexity index is 461. The van der Waals surface area contributed by atoms with Gasteiger partial charge in [-0.05, 0) is 45.4 Å². The van der Waals surface area contributed by atoms with E-state index < -0.39 is 30.0 Å². The number of hydrogen-bond donors (Lipinski definition) is 1. The van der Waals surface area contributed by atoms with Gasteiger partial charge in [0.05, 0.1) is 12.2 Å². The average molecular weight is 352 g/mol. The van der Waals surface area contributed by atoms with Crippen molar-refractivity contribution in [2.24, 2.45) is 5.92 Å². The molecule has 0 spiro atoms. The third-order valence-corrected chi connectivity index (χ3v) is 4.91. The maximum Gasteiger partial charge on any atom is 0.419 e. The van der Waals surface area contributed by atoms with Crippen molar-refractivity contribution in [1.82, 2.24) is 0 Å². The first kappa shape index (κ1) is 21.0. The molecule has 0 heterocycles. The zero-order chi connectivity index (χ0) is 18.8. The van der Waals surface area contributed by atoms with Crippen molar-refractivity contribution in [3.63, 3.8) is 0 Å². The van der Waals surface area contributed by atoms with Crippen LogP contribution in [-0.2, 0) is 14.3 Å². The van der Waals surface area contributed by atoms with Gasteiger partial charge in [0.2, 0.25) is 0 Å². The summed E-state index contributed by atoms with van der Waals surface area (Å²) in [6.45, 7) is 8.66. The summed E-state index contributed by atoms with van der Waals surface area (Å²) in [5.41, 5.74) is -3.34. The number of carbonyl (C=O) groups excluding carboxylic acids is 1. The van der Waals surface area contributed by atoms with Gasteiger partial charge in [0.1, 0.15) is 6.10 Å². The molecule has 7 heteroatoms. The third kappa shape index (κ3) is 4.51. The van der Waals surface area contributed by atoms with Crippen LogP contribution >= 0.6 is 0 Å². The molecule has 24 heavy (non-hydrogen) atoms. The van der Waals surface area contributed by atoms with Crippen LogP contribution in [0, 0.1) is 5.92 Å². The molecule has 1 fully saturated rings. The summed E-state index contributed by atoms with van der Waals surface area (Å²) in [6, 6.07) is 0. The molecule has 1 rings (SSSR count). The number of alkyl halides is 3. The topological polar surface area (TPSA) is 55.8 Å². The molecule has 0 aromatic rings. The van der Waals surface area contributed by atoms with Gasteiger partial charge in [-0.2, -0.15) is 13.2 Å². The predicted octanol–water partition coefficient (Wildman–Crippen LogP) is 3.77. The Morgan fingerprint density at radius 1 is 1.25 bits per heavy atom. The first-order chi connectivity index (χ1) is 10.9. The van der Waals surface area contributed by atoms with Crippen LogP contribution < -0.4 is 0 Å². The Balaban J connectivity index is 2.67. The van der Waals surface area contributed by atoms with Gasteiger partial charge in [0, 0.05) is 5.57 Å². The second-order valence-electron chi connectivity index (χ2n) is 6.81. The SMILES string of the molecule is C=C(C)C(=O)OC1CC(C(CC)(CC)OCC(C)(O)C(F)(F)F)C1. The molecule has 4 nitrogen and oxygen atoms in total. The first-order valence-electron chi connectivity index (χ1n) is 8.18. The van der Waals surface area contributed by atoms with Gasteiger partial charge < -0.3 is 14.6 Å². The normalized spacial score (nSPS) is 24.0. The fraction of sp³-hybridized carbons (Fsp3) is 0.824. The minimum atomic E-state index is -4.75. The summed E-state index contributed by atoms with van der Waals surface area (Å²) in [5.74, 6) is -0.475. The minimum Gasteiger partial charge on any atom is -0.459 e. The molecule has 1 aliphatic carbocycles. The van der Waals surface area contributed by atoms with Crippen molar-refractivity contribution >= 4 is 5.97 Å². The van der Waals surface area contributed by atoms with Gasteiger partial charge in [-0.25, -0.2) is 4.79 Å². The van der Waals surface area contributed by atoms with Crippen LogP contribution in [0.4, 0.5) is 13.2 Å². The van der Waals surface area contributed by atoms with E-state index in [0.717, 1.165) is 0 Å². The highest BCUT2D eigenvalue weighted by Gasteiger charge is 2.53. The monoisotopic (exact) mass is 352 g/mol. The molecule has 0 radical (unpaired) electrons. The number of esters is 1. The van der Waals surface area contributed by atoms with Gasteiger partial charge in [-0.3, -0.25) is 0 Å². The highest BCUT2D eigenvalue weighted by atomic mass is 19.4. The number of hydrogen-bond acceptors (Lipinski definition) is 4. The Hall–Kier alpha value is -1.08. The van der Waals surface area contributed by atoms with Gasteiger partial charge in [0.15, 0.2) is 5.60 Å². The molecule has 1 atom stereocenters. The summed E-state index contributed by atoms with van der Waals surface area (Å²) < 4.78 is 49.2. The maximum absolute atomic E-state index is 12.8. The lowest BCUT2D eigenvalue weighted by atomic mass is 9.68. The van der Waals surface area contributed by atoms with Crippen LogP contribution in [0.3, 0.4) is 0 Å². The lowest BCUT2D eigenvalue weighted by Gasteiger charge is -2.48. The van der Waals surface area contributed by atoms with E-state index in [2.05, 4.69) is 6.58 Å². The molecule has 0 aromatic heterocycles. The Labute approximate surface area is 141 Å². The number of rotatable bonds is 8. The standard InChI is InChI=1S/C17H27F3O4/c1-6-16(7-2,23-10-15(5,22)17(18,19)20)12-8-13(9-12)24-14(21)11(3)4/h12-13,22H,3,6-10H2,1-2,4-5H3. The zero-order valence-corrected chi connectivity index (χ0v) is 14.7. The third-order valence-electron chi connectivity index (χ3n) is 4.91. The van der Waals surface area contributed by atoms with Crippen LogP contribution in [0.25, 0.3) is 0 Å². The van der Waals surface area contributed by atoms with Crippen molar-refractivity contribution in [1.29, 1.82) is 0 Å². The van der Waals surface area contributed by atoms with Gasteiger partial charge in [-0.15, -0.1) is 0 Å². The molecule has 0 saturated heterocycles.